The number of benzene rings is 1. The first-order valence-corrected chi connectivity index (χ1v) is 7.54. The molecule has 1 amide bonds. The number of carbonyl (C=O) groups excluding carboxylic acids is 1. The van der Waals surface area contributed by atoms with E-state index in [1.807, 2.05) is 18.2 Å². The van der Waals surface area contributed by atoms with Crippen molar-refractivity contribution >= 4 is 16.8 Å². The maximum absolute atomic E-state index is 12.4. The van der Waals surface area contributed by atoms with E-state index in [-0.39, 0.29) is 11.9 Å². The Morgan fingerprint density at radius 2 is 2.24 bits per heavy atom. The van der Waals surface area contributed by atoms with E-state index in [0.29, 0.717) is 11.6 Å². The predicted molar refractivity (Wildman–Crippen MR) is 83.3 cm³/mol. The van der Waals surface area contributed by atoms with Gasteiger partial charge in [0, 0.05) is 23.0 Å². The van der Waals surface area contributed by atoms with Crippen LogP contribution in [0.1, 0.15) is 36.0 Å². The third kappa shape index (κ3) is 3.08. The van der Waals surface area contributed by atoms with Gasteiger partial charge in [-0.1, -0.05) is 0 Å². The van der Waals surface area contributed by atoms with Crippen LogP contribution in [0.3, 0.4) is 0 Å². The zero-order valence-corrected chi connectivity index (χ0v) is 12.6. The average molecular weight is 286 g/mol. The molecule has 0 unspecified atom stereocenters. The van der Waals surface area contributed by atoms with Gasteiger partial charge in [0.05, 0.1) is 11.7 Å². The van der Waals surface area contributed by atoms with Crippen LogP contribution in [0.2, 0.25) is 0 Å². The molecule has 2 aromatic rings. The van der Waals surface area contributed by atoms with Crippen molar-refractivity contribution in [2.75, 3.05) is 14.1 Å². The van der Waals surface area contributed by atoms with Crippen LogP contribution < -0.4 is 5.32 Å². The van der Waals surface area contributed by atoms with Gasteiger partial charge in [-0.3, -0.25) is 9.89 Å². The number of hydrogen-bond acceptors (Lipinski definition) is 3. The number of hydrogen-bond donors (Lipinski definition) is 2. The fraction of sp³-hybridized carbons (Fsp3) is 0.500. The molecular weight excluding hydrogens is 264 g/mol. The lowest BCUT2D eigenvalue weighted by Gasteiger charge is -2.33. The van der Waals surface area contributed by atoms with E-state index in [2.05, 4.69) is 34.5 Å². The maximum Gasteiger partial charge on any atom is 0.251 e. The molecule has 2 N–H and O–H groups in total. The normalized spacial score (nSPS) is 22.6. The van der Waals surface area contributed by atoms with E-state index >= 15 is 0 Å². The summed E-state index contributed by atoms with van der Waals surface area (Å²) in [6.07, 6.45) is 6.25. The van der Waals surface area contributed by atoms with Gasteiger partial charge in [0.2, 0.25) is 0 Å². The second kappa shape index (κ2) is 5.85. The molecule has 0 radical (unpaired) electrons. The van der Waals surface area contributed by atoms with Crippen LogP contribution in [0.15, 0.2) is 24.4 Å². The summed E-state index contributed by atoms with van der Waals surface area (Å²) in [6, 6.07) is 6.49. The smallest absolute Gasteiger partial charge is 0.251 e. The molecule has 1 aliphatic carbocycles. The molecule has 1 aliphatic rings. The molecule has 0 saturated heterocycles. The van der Waals surface area contributed by atoms with Gasteiger partial charge in [0.25, 0.3) is 5.91 Å². The van der Waals surface area contributed by atoms with Crippen LogP contribution >= 0.6 is 0 Å². The van der Waals surface area contributed by atoms with Crippen molar-refractivity contribution < 1.29 is 4.79 Å². The number of rotatable bonds is 3. The number of aromatic amines is 1. The van der Waals surface area contributed by atoms with E-state index in [9.17, 15) is 4.79 Å². The lowest BCUT2D eigenvalue weighted by atomic mass is 9.90. The van der Waals surface area contributed by atoms with Gasteiger partial charge >= 0.3 is 0 Å². The van der Waals surface area contributed by atoms with Crippen LogP contribution in [-0.2, 0) is 0 Å². The molecule has 3 rings (SSSR count). The van der Waals surface area contributed by atoms with Crippen molar-refractivity contribution in [3.63, 3.8) is 0 Å². The van der Waals surface area contributed by atoms with Gasteiger partial charge in [-0.15, -0.1) is 0 Å². The zero-order valence-electron chi connectivity index (χ0n) is 12.6. The van der Waals surface area contributed by atoms with E-state index in [1.165, 1.54) is 12.8 Å². The second-order valence-electron chi connectivity index (χ2n) is 6.13. The van der Waals surface area contributed by atoms with Crippen LogP contribution in [0.5, 0.6) is 0 Å². The standard InChI is InChI=1S/C16H22N4O/c1-20(2)14-5-3-4-13(9-14)18-16(21)11-6-7-15-12(8-11)10-17-19-15/h6-8,10,13-14H,3-5,9H2,1-2H3,(H,17,19)(H,18,21)/t13-,14+/m1/s1. The molecule has 1 heterocycles. The topological polar surface area (TPSA) is 61.0 Å². The lowest BCUT2D eigenvalue weighted by Crippen LogP contribution is -2.43. The quantitative estimate of drug-likeness (QED) is 0.909. The van der Waals surface area contributed by atoms with Crippen molar-refractivity contribution in [3.05, 3.63) is 30.0 Å². The second-order valence-corrected chi connectivity index (χ2v) is 6.13. The van der Waals surface area contributed by atoms with Gasteiger partial charge in [-0.2, -0.15) is 5.10 Å². The van der Waals surface area contributed by atoms with Crippen molar-refractivity contribution in [2.24, 2.45) is 0 Å². The number of H-pyrrole nitrogens is 1. The van der Waals surface area contributed by atoms with Gasteiger partial charge in [0.15, 0.2) is 0 Å². The van der Waals surface area contributed by atoms with E-state index in [4.69, 9.17) is 0 Å². The van der Waals surface area contributed by atoms with Crippen LogP contribution in [-0.4, -0.2) is 47.2 Å². The Morgan fingerprint density at radius 3 is 3.05 bits per heavy atom. The fourth-order valence-corrected chi connectivity index (χ4v) is 3.12. The van der Waals surface area contributed by atoms with Gasteiger partial charge in [-0.25, -0.2) is 0 Å². The zero-order chi connectivity index (χ0) is 14.8. The molecule has 0 bridgehead atoms. The Bertz CT molecular complexity index is 634. The highest BCUT2D eigenvalue weighted by Gasteiger charge is 2.24. The van der Waals surface area contributed by atoms with Gasteiger partial charge < -0.3 is 10.2 Å². The number of carbonyl (C=O) groups is 1. The summed E-state index contributed by atoms with van der Waals surface area (Å²) < 4.78 is 0. The average Bonchev–Trinajstić information content (AvgIpc) is 2.94. The van der Waals surface area contributed by atoms with E-state index in [1.54, 1.807) is 6.20 Å². The third-order valence-electron chi connectivity index (χ3n) is 4.41. The number of nitrogens with zero attached hydrogens (tertiary/aromatic N) is 2. The molecule has 2 atom stereocenters. The first kappa shape index (κ1) is 14.1. The Labute approximate surface area is 124 Å². The number of amides is 1. The summed E-state index contributed by atoms with van der Waals surface area (Å²) in [5.41, 5.74) is 1.66. The summed E-state index contributed by atoms with van der Waals surface area (Å²) >= 11 is 0. The Morgan fingerprint density at radius 1 is 1.38 bits per heavy atom. The highest BCUT2D eigenvalue weighted by molar-refractivity contribution is 5.98. The number of nitrogens with one attached hydrogen (secondary N) is 2. The molecule has 5 nitrogen and oxygen atoms in total. The molecule has 0 spiro atoms. The maximum atomic E-state index is 12.4. The van der Waals surface area contributed by atoms with Crippen molar-refractivity contribution in [3.8, 4) is 0 Å². The molecule has 1 fully saturated rings. The highest BCUT2D eigenvalue weighted by Crippen LogP contribution is 2.22. The first-order valence-electron chi connectivity index (χ1n) is 7.54. The number of aromatic nitrogens is 2. The Balaban J connectivity index is 1.67. The molecule has 1 aromatic carbocycles. The molecule has 5 heteroatoms. The van der Waals surface area contributed by atoms with Gasteiger partial charge in [-0.05, 0) is 58.0 Å². The fourth-order valence-electron chi connectivity index (χ4n) is 3.12. The summed E-state index contributed by atoms with van der Waals surface area (Å²) in [5, 5.41) is 11.0. The molecular formula is C16H22N4O. The first-order chi connectivity index (χ1) is 10.1. The third-order valence-corrected chi connectivity index (χ3v) is 4.41. The highest BCUT2D eigenvalue weighted by atomic mass is 16.1. The van der Waals surface area contributed by atoms with Crippen molar-refractivity contribution in [1.82, 2.24) is 20.4 Å². The summed E-state index contributed by atoms with van der Waals surface area (Å²) in [4.78, 5) is 14.7. The summed E-state index contributed by atoms with van der Waals surface area (Å²) in [6.45, 7) is 0. The molecule has 1 aromatic heterocycles. The van der Waals surface area contributed by atoms with Crippen molar-refractivity contribution in [1.29, 1.82) is 0 Å². The van der Waals surface area contributed by atoms with Crippen LogP contribution in [0.4, 0.5) is 0 Å². The summed E-state index contributed by atoms with van der Waals surface area (Å²) in [5.74, 6) is 0.0162. The molecule has 112 valence electrons. The monoisotopic (exact) mass is 286 g/mol. The largest absolute Gasteiger partial charge is 0.349 e. The van der Waals surface area contributed by atoms with E-state index in [0.717, 1.165) is 23.7 Å². The SMILES string of the molecule is CN(C)[C@H]1CCC[C@@H](NC(=O)c2ccc3[nH]ncc3c2)C1. The van der Waals surface area contributed by atoms with Crippen molar-refractivity contribution in [2.45, 2.75) is 37.8 Å². The Hall–Kier alpha value is -1.88. The van der Waals surface area contributed by atoms with E-state index < -0.39 is 0 Å². The number of fused-ring (bicyclic) bond motifs is 1. The molecule has 21 heavy (non-hydrogen) atoms. The predicted octanol–water partition coefficient (Wildman–Crippen LogP) is 2.17. The Kier molecular flexibility index (Phi) is 3.92. The molecule has 0 aliphatic heterocycles. The minimum atomic E-state index is 0.0162. The van der Waals surface area contributed by atoms with Gasteiger partial charge in [0.1, 0.15) is 0 Å². The minimum absolute atomic E-state index is 0.0162. The van der Waals surface area contributed by atoms with Crippen LogP contribution in [0.25, 0.3) is 10.9 Å². The van der Waals surface area contributed by atoms with Crippen LogP contribution in [0, 0.1) is 0 Å². The summed E-state index contributed by atoms with van der Waals surface area (Å²) in [7, 11) is 4.23. The molecule has 1 saturated carbocycles. The lowest BCUT2D eigenvalue weighted by molar-refractivity contribution is 0.0911. The minimum Gasteiger partial charge on any atom is -0.349 e.